The van der Waals surface area contributed by atoms with Gasteiger partial charge >= 0.3 is 5.69 Å². The van der Waals surface area contributed by atoms with Crippen LogP contribution >= 0.6 is 6.57 Å². The molecule has 0 radical (unpaired) electrons. The zero-order chi connectivity index (χ0) is 19.9. The second-order valence-corrected chi connectivity index (χ2v) is 10.6. The van der Waals surface area contributed by atoms with Crippen molar-refractivity contribution in [3.8, 4) is 11.8 Å². The van der Waals surface area contributed by atoms with E-state index in [9.17, 15) is 19.8 Å². The second kappa shape index (κ2) is 7.82. The summed E-state index contributed by atoms with van der Waals surface area (Å²) in [4.78, 5) is 26.3. The van der Waals surface area contributed by atoms with Crippen LogP contribution in [0.2, 0.25) is 0 Å². The highest BCUT2D eigenvalue weighted by molar-refractivity contribution is 8.10. The minimum Gasteiger partial charge on any atom is -0.394 e. The van der Waals surface area contributed by atoms with Gasteiger partial charge in [0.05, 0.1) is 12.7 Å². The number of aromatic amines is 1. The molecule has 0 aliphatic carbocycles. The maximum absolute atomic E-state index is 12.1. The zero-order valence-electron chi connectivity index (χ0n) is 15.0. The summed E-state index contributed by atoms with van der Waals surface area (Å²) in [5, 5.41) is 19.0. The summed E-state index contributed by atoms with van der Waals surface area (Å²) in [6, 6.07) is 0. The van der Waals surface area contributed by atoms with Gasteiger partial charge in [-0.15, -0.1) is 0 Å². The minimum absolute atomic E-state index is 0.0838. The number of hydrogen-bond donors (Lipinski definition) is 3. The van der Waals surface area contributed by atoms with Crippen molar-refractivity contribution in [2.75, 3.05) is 39.4 Å². The topological polar surface area (TPSA) is 120 Å². The molecule has 0 amide bonds. The fourth-order valence-corrected chi connectivity index (χ4v) is 6.27. The van der Waals surface area contributed by atoms with Crippen LogP contribution in [0.25, 0.3) is 0 Å². The van der Waals surface area contributed by atoms with Crippen molar-refractivity contribution in [2.45, 2.75) is 24.9 Å². The van der Waals surface area contributed by atoms with Crippen LogP contribution in [0.4, 0.5) is 0 Å². The van der Waals surface area contributed by atoms with Crippen LogP contribution in [0.5, 0.6) is 0 Å². The monoisotopic (exact) mass is 428 g/mol. The van der Waals surface area contributed by atoms with E-state index in [0.717, 1.165) is 26.2 Å². The van der Waals surface area contributed by atoms with Gasteiger partial charge in [0.15, 0.2) is 0 Å². The first-order chi connectivity index (χ1) is 13.4. The number of nitrogens with zero attached hydrogens (tertiary/aromatic N) is 3. The first-order valence-electron chi connectivity index (χ1n) is 8.96. The van der Waals surface area contributed by atoms with Gasteiger partial charge in [0.1, 0.15) is 24.5 Å². The summed E-state index contributed by atoms with van der Waals surface area (Å²) in [6.07, 6.45) is -1.02. The van der Waals surface area contributed by atoms with E-state index in [1.165, 1.54) is 10.8 Å². The average Bonchev–Trinajstić information content (AvgIpc) is 3.56. The summed E-state index contributed by atoms with van der Waals surface area (Å²) in [5.41, 5.74) is -1.19. The fourth-order valence-electron chi connectivity index (χ4n) is 3.02. The highest BCUT2D eigenvalue weighted by Crippen LogP contribution is 2.61. The Bertz CT molecular complexity index is 960. The molecule has 0 saturated carbocycles. The predicted molar refractivity (Wildman–Crippen MR) is 103 cm³/mol. The molecule has 0 unspecified atom stereocenters. The molecular weight excluding hydrogens is 407 g/mol. The number of nitrogens with one attached hydrogen (secondary N) is 1. The number of aliphatic hydroxyl groups excluding tert-OH is 2. The molecule has 4 rings (SSSR count). The smallest absolute Gasteiger partial charge is 0.330 e. The molecule has 0 spiro atoms. The highest BCUT2D eigenvalue weighted by atomic mass is 32.5. The van der Waals surface area contributed by atoms with Gasteiger partial charge < -0.3 is 19.5 Å². The van der Waals surface area contributed by atoms with Gasteiger partial charge in [0, 0.05) is 38.8 Å². The van der Waals surface area contributed by atoms with Gasteiger partial charge in [-0.05, 0) is 11.8 Å². The van der Waals surface area contributed by atoms with Crippen molar-refractivity contribution in [2.24, 2.45) is 0 Å². The molecule has 12 heteroatoms. The third-order valence-electron chi connectivity index (χ3n) is 4.75. The molecule has 4 heterocycles. The normalized spacial score (nSPS) is 27.4. The van der Waals surface area contributed by atoms with E-state index in [-0.39, 0.29) is 25.2 Å². The molecule has 3 aliphatic rings. The summed E-state index contributed by atoms with van der Waals surface area (Å²) >= 11 is 5.67. The van der Waals surface area contributed by atoms with E-state index >= 15 is 0 Å². The zero-order valence-corrected chi connectivity index (χ0v) is 16.7. The number of rotatable bonds is 6. The Morgan fingerprint density at radius 1 is 1.32 bits per heavy atom. The van der Waals surface area contributed by atoms with Crippen LogP contribution in [0.1, 0.15) is 18.2 Å². The Morgan fingerprint density at radius 2 is 2.00 bits per heavy atom. The second-order valence-electron chi connectivity index (χ2n) is 6.80. The van der Waals surface area contributed by atoms with E-state index in [1.54, 1.807) is 0 Å². The van der Waals surface area contributed by atoms with E-state index < -0.39 is 36.3 Å². The van der Waals surface area contributed by atoms with Crippen LogP contribution in [0.15, 0.2) is 15.8 Å². The lowest BCUT2D eigenvalue weighted by molar-refractivity contribution is -0.0459. The van der Waals surface area contributed by atoms with Crippen LogP contribution in [-0.4, -0.2) is 80.7 Å². The van der Waals surface area contributed by atoms with E-state index in [4.69, 9.17) is 21.1 Å². The Labute approximate surface area is 165 Å². The van der Waals surface area contributed by atoms with Crippen LogP contribution in [-0.2, 0) is 21.1 Å². The molecular formula is C16H21N4O6PS. The molecule has 0 bridgehead atoms. The number of hydrogen-bond acceptors (Lipinski definition) is 7. The SMILES string of the molecule is O=c1[nH]c(=O)n([C@H]2C[C@H](O)[C@@H](CO)O2)cc1C#CCOP(=S)(N1CC1)N1CC1. The molecule has 3 fully saturated rings. The number of aromatic nitrogens is 2. The summed E-state index contributed by atoms with van der Waals surface area (Å²) in [5.74, 6) is 5.52. The molecule has 1 aromatic rings. The Morgan fingerprint density at radius 3 is 2.57 bits per heavy atom. The van der Waals surface area contributed by atoms with E-state index in [1.807, 2.05) is 0 Å². The van der Waals surface area contributed by atoms with Crippen molar-refractivity contribution in [3.05, 3.63) is 32.6 Å². The van der Waals surface area contributed by atoms with Crippen LogP contribution in [0.3, 0.4) is 0 Å². The maximum atomic E-state index is 12.1. The lowest BCUT2D eigenvalue weighted by atomic mass is 10.2. The fraction of sp³-hybridized carbons (Fsp3) is 0.625. The average molecular weight is 428 g/mol. The third-order valence-corrected chi connectivity index (χ3v) is 9.15. The predicted octanol–water partition coefficient (Wildman–Crippen LogP) is -1.60. The summed E-state index contributed by atoms with van der Waals surface area (Å²) in [6.45, 7) is 1.34. The van der Waals surface area contributed by atoms with Gasteiger partial charge in [-0.2, -0.15) is 0 Å². The molecule has 3 saturated heterocycles. The third kappa shape index (κ3) is 4.01. The lowest BCUT2D eigenvalue weighted by Gasteiger charge is -2.22. The molecule has 3 N–H and O–H groups in total. The first-order valence-corrected chi connectivity index (χ1v) is 11.6. The van der Waals surface area contributed by atoms with Gasteiger partial charge in [-0.1, -0.05) is 11.8 Å². The number of ether oxygens (including phenoxy) is 1. The molecule has 10 nitrogen and oxygen atoms in total. The molecule has 1 aromatic heterocycles. The Kier molecular flexibility index (Phi) is 5.57. The standard InChI is InChI=1S/C16H21N4O6PS/c21-10-13-12(22)8-14(26-13)20-9-11(15(23)17-16(20)24)2-1-7-25-27(28,18-3-4-18)19-5-6-19/h9,12-14,21-22H,3-8,10H2,(H,17,23,24)/t12-,13+,14+/m0/s1. The quantitative estimate of drug-likeness (QED) is 0.280. The highest BCUT2D eigenvalue weighted by Gasteiger charge is 2.44. The molecule has 28 heavy (non-hydrogen) atoms. The summed E-state index contributed by atoms with van der Waals surface area (Å²) < 4.78 is 16.8. The lowest BCUT2D eigenvalue weighted by Crippen LogP contribution is -2.33. The van der Waals surface area contributed by atoms with Gasteiger partial charge in [-0.3, -0.25) is 14.3 Å². The maximum Gasteiger partial charge on any atom is 0.330 e. The van der Waals surface area contributed by atoms with Crippen molar-refractivity contribution >= 4 is 18.4 Å². The Balaban J connectivity index is 1.48. The molecule has 3 aliphatic heterocycles. The van der Waals surface area contributed by atoms with Crippen molar-refractivity contribution in [1.82, 2.24) is 18.9 Å². The summed E-state index contributed by atoms with van der Waals surface area (Å²) in [7, 11) is 0. The van der Waals surface area contributed by atoms with Crippen LogP contribution < -0.4 is 11.2 Å². The number of aliphatic hydroxyl groups is 2. The van der Waals surface area contributed by atoms with E-state index in [2.05, 4.69) is 26.2 Å². The van der Waals surface area contributed by atoms with Gasteiger partial charge in [-0.25, -0.2) is 14.1 Å². The minimum atomic E-state index is -2.14. The van der Waals surface area contributed by atoms with E-state index in [0.29, 0.717) is 0 Å². The van der Waals surface area contributed by atoms with Crippen molar-refractivity contribution in [3.63, 3.8) is 0 Å². The van der Waals surface area contributed by atoms with Crippen molar-refractivity contribution in [1.29, 1.82) is 0 Å². The first kappa shape index (κ1) is 19.9. The molecule has 152 valence electrons. The largest absolute Gasteiger partial charge is 0.394 e. The number of H-pyrrole nitrogens is 1. The molecule has 3 atom stereocenters. The van der Waals surface area contributed by atoms with Gasteiger partial charge in [0.2, 0.25) is 6.57 Å². The van der Waals surface area contributed by atoms with Crippen molar-refractivity contribution < 1.29 is 19.5 Å². The van der Waals surface area contributed by atoms with Gasteiger partial charge in [0.25, 0.3) is 5.56 Å². The molecule has 0 aromatic carbocycles. The van der Waals surface area contributed by atoms with Crippen LogP contribution in [0, 0.1) is 11.8 Å². The Hall–Kier alpha value is -1.35.